The quantitative estimate of drug-likeness (QED) is 0.742. The average Bonchev–Trinajstić information content (AvgIpc) is 2.86. The zero-order chi connectivity index (χ0) is 15.4. The van der Waals surface area contributed by atoms with Gasteiger partial charge in [0.25, 0.3) is 5.91 Å². The van der Waals surface area contributed by atoms with Crippen molar-refractivity contribution in [3.63, 3.8) is 0 Å². The Labute approximate surface area is 128 Å². The number of aromatic nitrogens is 1. The number of morpholine rings is 1. The summed E-state index contributed by atoms with van der Waals surface area (Å²) >= 11 is 1.27. The lowest BCUT2D eigenvalue weighted by Crippen LogP contribution is -2.51. The number of hydrogen-bond acceptors (Lipinski definition) is 7. The van der Waals surface area contributed by atoms with Crippen molar-refractivity contribution in [1.82, 2.24) is 9.88 Å². The number of ether oxygens (including phenoxy) is 1. The summed E-state index contributed by atoms with van der Waals surface area (Å²) in [6, 6.07) is -0.0474. The molecule has 2 heterocycles. The van der Waals surface area contributed by atoms with Crippen molar-refractivity contribution < 1.29 is 14.6 Å². The first-order chi connectivity index (χ1) is 10.1. The molecule has 2 rings (SSSR count). The average molecular weight is 314 g/mol. The fourth-order valence-electron chi connectivity index (χ4n) is 2.13. The maximum absolute atomic E-state index is 12.6. The Morgan fingerprint density at radius 3 is 3.10 bits per heavy atom. The van der Waals surface area contributed by atoms with E-state index in [1.165, 1.54) is 11.3 Å². The molecule has 21 heavy (non-hydrogen) atoms. The molecule has 0 bridgehead atoms. The first-order valence-electron chi connectivity index (χ1n) is 7.10. The fourth-order valence-corrected chi connectivity index (χ4v) is 3.00. The topological polar surface area (TPSA) is 101 Å². The molecule has 2 atom stereocenters. The summed E-state index contributed by atoms with van der Waals surface area (Å²) in [5.74, 6) is 0.103. The van der Waals surface area contributed by atoms with Gasteiger partial charge in [-0.25, -0.2) is 4.98 Å². The molecule has 1 aliphatic rings. The summed E-state index contributed by atoms with van der Waals surface area (Å²) in [5, 5.41) is 13.0. The molecule has 7 nitrogen and oxygen atoms in total. The van der Waals surface area contributed by atoms with Crippen LogP contribution in [0.1, 0.15) is 29.9 Å². The molecule has 0 saturated carbocycles. The second-order valence-corrected chi connectivity index (χ2v) is 6.10. The first kappa shape index (κ1) is 16.0. The number of nitrogen functional groups attached to an aromatic ring is 1. The molecule has 118 valence electrons. The lowest BCUT2D eigenvalue weighted by Gasteiger charge is -2.37. The van der Waals surface area contributed by atoms with Crippen molar-refractivity contribution in [2.45, 2.75) is 32.4 Å². The number of carbonyl (C=O) groups is 1. The van der Waals surface area contributed by atoms with Gasteiger partial charge in [0, 0.05) is 13.1 Å². The third-order valence-electron chi connectivity index (χ3n) is 3.34. The zero-order valence-corrected chi connectivity index (χ0v) is 13.2. The molecule has 2 unspecified atom stereocenters. The van der Waals surface area contributed by atoms with E-state index in [4.69, 9.17) is 10.5 Å². The van der Waals surface area contributed by atoms with Crippen LogP contribution in [0, 0.1) is 0 Å². The van der Waals surface area contributed by atoms with Gasteiger partial charge in [-0.1, -0.05) is 18.3 Å². The van der Waals surface area contributed by atoms with Crippen molar-refractivity contribution >= 4 is 28.2 Å². The van der Waals surface area contributed by atoms with E-state index in [1.54, 1.807) is 4.90 Å². The molecule has 0 spiro atoms. The van der Waals surface area contributed by atoms with Gasteiger partial charge >= 0.3 is 0 Å². The minimum absolute atomic E-state index is 0.0474. The predicted octanol–water partition coefficient (Wildman–Crippen LogP) is 0.769. The normalized spacial score (nSPS) is 22.3. The van der Waals surface area contributed by atoms with Gasteiger partial charge in [0.05, 0.1) is 25.4 Å². The van der Waals surface area contributed by atoms with Gasteiger partial charge in [-0.05, 0) is 13.3 Å². The van der Waals surface area contributed by atoms with Crippen LogP contribution in [0.25, 0.3) is 0 Å². The lowest BCUT2D eigenvalue weighted by molar-refractivity contribution is -0.0666. The molecule has 1 aromatic heterocycles. The number of thiazole rings is 1. The van der Waals surface area contributed by atoms with Gasteiger partial charge in [-0.3, -0.25) is 4.79 Å². The molecule has 8 heteroatoms. The molecule has 0 aromatic carbocycles. The van der Waals surface area contributed by atoms with E-state index in [1.807, 2.05) is 6.92 Å². The molecule has 0 aliphatic carbocycles. The van der Waals surface area contributed by atoms with Gasteiger partial charge in [-0.2, -0.15) is 0 Å². The molecule has 1 saturated heterocycles. The Morgan fingerprint density at radius 2 is 2.43 bits per heavy atom. The predicted molar refractivity (Wildman–Crippen MR) is 82.6 cm³/mol. The Morgan fingerprint density at radius 1 is 1.67 bits per heavy atom. The number of rotatable bonds is 5. The van der Waals surface area contributed by atoms with Crippen molar-refractivity contribution in [2.75, 3.05) is 37.4 Å². The minimum Gasteiger partial charge on any atom is -0.394 e. The van der Waals surface area contributed by atoms with Crippen LogP contribution < -0.4 is 11.1 Å². The van der Waals surface area contributed by atoms with E-state index >= 15 is 0 Å². The number of nitrogens with one attached hydrogen (secondary N) is 1. The maximum atomic E-state index is 12.6. The molecule has 1 fully saturated rings. The molecular formula is C13H22N4O3S. The second-order valence-electron chi connectivity index (χ2n) is 5.10. The second kappa shape index (κ2) is 7.06. The van der Waals surface area contributed by atoms with Gasteiger partial charge in [-0.15, -0.1) is 0 Å². The summed E-state index contributed by atoms with van der Waals surface area (Å²) in [6.07, 6.45) is 0.638. The van der Waals surface area contributed by atoms with E-state index in [-0.39, 0.29) is 30.5 Å². The van der Waals surface area contributed by atoms with E-state index in [0.29, 0.717) is 23.2 Å². The Bertz CT molecular complexity index is 494. The number of carbonyl (C=O) groups excluding carboxylic acids is 1. The third kappa shape index (κ3) is 3.63. The molecule has 0 radical (unpaired) electrons. The minimum atomic E-state index is -0.336. The first-order valence-corrected chi connectivity index (χ1v) is 7.92. The summed E-state index contributed by atoms with van der Waals surface area (Å²) in [4.78, 5) is 19.0. The number of amides is 1. The number of hydrogen-bond donors (Lipinski definition) is 3. The van der Waals surface area contributed by atoms with E-state index < -0.39 is 0 Å². The van der Waals surface area contributed by atoms with Gasteiger partial charge in [0.1, 0.15) is 10.7 Å². The number of aliphatic hydroxyl groups excluding tert-OH is 1. The summed E-state index contributed by atoms with van der Waals surface area (Å²) in [6.45, 7) is 5.45. The summed E-state index contributed by atoms with van der Waals surface area (Å²) < 4.78 is 5.44. The van der Waals surface area contributed by atoms with Crippen LogP contribution in [0.5, 0.6) is 0 Å². The Kier molecular flexibility index (Phi) is 5.38. The smallest absolute Gasteiger partial charge is 0.268 e. The van der Waals surface area contributed by atoms with Crippen molar-refractivity contribution in [2.24, 2.45) is 0 Å². The van der Waals surface area contributed by atoms with Crippen molar-refractivity contribution in [3.05, 3.63) is 4.88 Å². The highest BCUT2D eigenvalue weighted by atomic mass is 32.1. The van der Waals surface area contributed by atoms with E-state index in [9.17, 15) is 9.90 Å². The van der Waals surface area contributed by atoms with Crippen LogP contribution in [0.15, 0.2) is 0 Å². The zero-order valence-electron chi connectivity index (χ0n) is 12.3. The van der Waals surface area contributed by atoms with E-state index in [0.717, 1.165) is 13.0 Å². The van der Waals surface area contributed by atoms with Crippen molar-refractivity contribution in [1.29, 1.82) is 0 Å². The highest BCUT2D eigenvalue weighted by molar-refractivity contribution is 7.18. The molecule has 4 N–H and O–H groups in total. The number of nitrogens with zero attached hydrogens (tertiary/aromatic N) is 2. The largest absolute Gasteiger partial charge is 0.394 e. The molecule has 1 amide bonds. The van der Waals surface area contributed by atoms with Crippen LogP contribution in [0.2, 0.25) is 0 Å². The van der Waals surface area contributed by atoms with Crippen LogP contribution in [0.4, 0.5) is 10.9 Å². The number of anilines is 2. The summed E-state index contributed by atoms with van der Waals surface area (Å²) in [7, 11) is 0. The lowest BCUT2D eigenvalue weighted by atomic mass is 10.2. The van der Waals surface area contributed by atoms with Gasteiger partial charge in [0.2, 0.25) is 0 Å². The monoisotopic (exact) mass is 314 g/mol. The number of nitrogens with two attached hydrogens (primary N) is 1. The standard InChI is InChI=1S/C13H22N4O3S/c1-3-4-15-13-16-11(14)10(21-13)12(19)17-5-9(6-18)20-7-8(17)2/h8-9,18H,3-7,14H2,1-2H3,(H,15,16). The van der Waals surface area contributed by atoms with Crippen LogP contribution in [-0.4, -0.2) is 59.3 Å². The molecule has 1 aliphatic heterocycles. The third-order valence-corrected chi connectivity index (χ3v) is 4.36. The van der Waals surface area contributed by atoms with Crippen LogP contribution in [0.3, 0.4) is 0 Å². The van der Waals surface area contributed by atoms with Gasteiger partial charge < -0.3 is 25.8 Å². The summed E-state index contributed by atoms with van der Waals surface area (Å²) in [5.41, 5.74) is 5.86. The fraction of sp³-hybridized carbons (Fsp3) is 0.692. The van der Waals surface area contributed by atoms with E-state index in [2.05, 4.69) is 17.2 Å². The SMILES string of the molecule is CCCNc1nc(N)c(C(=O)N2CC(CO)OCC2C)s1. The Hall–Kier alpha value is -1.38. The maximum Gasteiger partial charge on any atom is 0.268 e. The molecule has 1 aromatic rings. The van der Waals surface area contributed by atoms with Crippen LogP contribution in [-0.2, 0) is 4.74 Å². The molecular weight excluding hydrogens is 292 g/mol. The van der Waals surface area contributed by atoms with Crippen LogP contribution >= 0.6 is 11.3 Å². The highest BCUT2D eigenvalue weighted by Gasteiger charge is 2.32. The van der Waals surface area contributed by atoms with Gasteiger partial charge in [0.15, 0.2) is 5.13 Å². The Balaban J connectivity index is 2.12. The highest BCUT2D eigenvalue weighted by Crippen LogP contribution is 2.28. The number of aliphatic hydroxyl groups is 1. The van der Waals surface area contributed by atoms with Crippen molar-refractivity contribution in [3.8, 4) is 0 Å².